The van der Waals surface area contributed by atoms with Crippen molar-refractivity contribution in [3.8, 4) is 5.75 Å². The predicted molar refractivity (Wildman–Crippen MR) is 88.1 cm³/mol. The van der Waals surface area contributed by atoms with Crippen LogP contribution in [-0.2, 0) is 6.54 Å². The molecule has 0 amide bonds. The lowest BCUT2D eigenvalue weighted by Crippen LogP contribution is -2.36. The molecule has 1 aromatic carbocycles. The van der Waals surface area contributed by atoms with Gasteiger partial charge in [0.1, 0.15) is 17.6 Å². The fourth-order valence-corrected chi connectivity index (χ4v) is 2.78. The molecule has 4 nitrogen and oxygen atoms in total. The number of nitrogens with zero attached hydrogens (tertiary/aromatic N) is 1. The quantitative estimate of drug-likeness (QED) is 0.892. The average Bonchev–Trinajstić information content (AvgIpc) is 2.92. The minimum atomic E-state index is -0.156. The van der Waals surface area contributed by atoms with Gasteiger partial charge in [0.05, 0.1) is 29.5 Å². The molecule has 3 rings (SSSR count). The highest BCUT2D eigenvalue weighted by Crippen LogP contribution is 2.33. The molecular weight excluding hydrogens is 349 g/mol. The fraction of sp³-hybridized carbons (Fsp3) is 0.333. The molecule has 0 fully saturated rings. The molecule has 2 aromatic rings. The molecule has 1 unspecified atom stereocenters. The molecule has 1 aliphatic heterocycles. The van der Waals surface area contributed by atoms with Crippen LogP contribution in [-0.4, -0.2) is 29.7 Å². The topological polar surface area (TPSA) is 45.8 Å². The third kappa shape index (κ3) is 3.70. The lowest BCUT2D eigenvalue weighted by Gasteiger charge is -2.31. The highest BCUT2D eigenvalue weighted by Gasteiger charge is 2.28. The fourth-order valence-electron chi connectivity index (χ4n) is 2.49. The van der Waals surface area contributed by atoms with Crippen LogP contribution >= 0.6 is 35.6 Å². The maximum absolute atomic E-state index is 9.11. The van der Waals surface area contributed by atoms with E-state index in [4.69, 9.17) is 37.5 Å². The van der Waals surface area contributed by atoms with Crippen molar-refractivity contribution >= 4 is 35.6 Å². The zero-order valence-electron chi connectivity index (χ0n) is 11.7. The van der Waals surface area contributed by atoms with Gasteiger partial charge in [0, 0.05) is 24.7 Å². The van der Waals surface area contributed by atoms with Crippen molar-refractivity contribution in [2.75, 3.05) is 19.7 Å². The first-order chi connectivity index (χ1) is 10.2. The summed E-state index contributed by atoms with van der Waals surface area (Å²) in [4.78, 5) is 2.09. The Balaban J connectivity index is 0.00000176. The summed E-state index contributed by atoms with van der Waals surface area (Å²) in [5.41, 5.74) is 1.04. The van der Waals surface area contributed by atoms with Gasteiger partial charge in [-0.15, -0.1) is 12.4 Å². The Bertz CT molecular complexity index is 632. The Kier molecular flexibility index (Phi) is 6.01. The SMILES string of the molecule is Cl.OCCN1Cc2occc2C(Oc2ccc(Cl)c(Cl)c2)C1. The van der Waals surface area contributed by atoms with Crippen LogP contribution in [0.1, 0.15) is 17.4 Å². The number of fused-ring (bicyclic) bond motifs is 1. The molecule has 120 valence electrons. The molecule has 2 heterocycles. The number of hydrogen-bond donors (Lipinski definition) is 1. The highest BCUT2D eigenvalue weighted by molar-refractivity contribution is 6.42. The van der Waals surface area contributed by atoms with Crippen LogP contribution in [0.5, 0.6) is 5.75 Å². The summed E-state index contributed by atoms with van der Waals surface area (Å²) in [6.45, 7) is 2.06. The van der Waals surface area contributed by atoms with E-state index in [-0.39, 0.29) is 25.1 Å². The second-order valence-corrected chi connectivity index (χ2v) is 5.75. The zero-order chi connectivity index (χ0) is 14.8. The normalized spacial score (nSPS) is 17.7. The van der Waals surface area contributed by atoms with E-state index in [0.29, 0.717) is 35.4 Å². The van der Waals surface area contributed by atoms with E-state index in [1.54, 1.807) is 24.5 Å². The lowest BCUT2D eigenvalue weighted by atomic mass is 10.1. The second kappa shape index (κ2) is 7.57. The smallest absolute Gasteiger partial charge is 0.140 e. The van der Waals surface area contributed by atoms with Gasteiger partial charge in [-0.05, 0) is 18.2 Å². The number of halogens is 3. The molecule has 1 aliphatic rings. The summed E-state index contributed by atoms with van der Waals surface area (Å²) in [6.07, 6.45) is 1.51. The number of aliphatic hydroxyl groups excluding tert-OH is 1. The van der Waals surface area contributed by atoms with E-state index in [0.717, 1.165) is 11.3 Å². The van der Waals surface area contributed by atoms with Crippen LogP contribution in [0.4, 0.5) is 0 Å². The second-order valence-electron chi connectivity index (χ2n) is 4.94. The van der Waals surface area contributed by atoms with Crippen molar-refractivity contribution in [3.05, 3.63) is 51.9 Å². The van der Waals surface area contributed by atoms with Gasteiger partial charge in [0.15, 0.2) is 0 Å². The molecule has 0 saturated carbocycles. The largest absolute Gasteiger partial charge is 0.484 e. The number of hydrogen-bond acceptors (Lipinski definition) is 4. The summed E-state index contributed by atoms with van der Waals surface area (Å²) >= 11 is 11.9. The van der Waals surface area contributed by atoms with Gasteiger partial charge in [0.2, 0.25) is 0 Å². The van der Waals surface area contributed by atoms with E-state index in [9.17, 15) is 0 Å². The summed E-state index contributed by atoms with van der Waals surface area (Å²) in [7, 11) is 0. The minimum absolute atomic E-state index is 0. The molecule has 22 heavy (non-hydrogen) atoms. The Hall–Kier alpha value is -0.910. The molecule has 1 aromatic heterocycles. The summed E-state index contributed by atoms with van der Waals surface area (Å²) in [5.74, 6) is 1.53. The molecule has 7 heteroatoms. The van der Waals surface area contributed by atoms with E-state index < -0.39 is 0 Å². The summed E-state index contributed by atoms with van der Waals surface area (Å²) < 4.78 is 11.5. The lowest BCUT2D eigenvalue weighted by molar-refractivity contribution is 0.0879. The van der Waals surface area contributed by atoms with E-state index in [1.165, 1.54) is 0 Å². The first-order valence-corrected chi connectivity index (χ1v) is 7.44. The average molecular weight is 365 g/mol. The maximum Gasteiger partial charge on any atom is 0.140 e. The van der Waals surface area contributed by atoms with Crippen molar-refractivity contribution in [2.45, 2.75) is 12.6 Å². The summed E-state index contributed by atoms with van der Waals surface area (Å²) in [5, 5.41) is 10.1. The maximum atomic E-state index is 9.11. The van der Waals surface area contributed by atoms with E-state index >= 15 is 0 Å². The molecule has 0 saturated heterocycles. The number of β-amino-alcohol motifs (C(OH)–C–C–N with tert-alkyl or cyclic N) is 1. The molecule has 0 radical (unpaired) electrons. The van der Waals surface area contributed by atoms with Crippen LogP contribution in [0.3, 0.4) is 0 Å². The first kappa shape index (κ1) is 17.4. The molecule has 1 N–H and O–H groups in total. The number of aliphatic hydroxyl groups is 1. The molecular formula is C15H16Cl3NO3. The number of furan rings is 1. The van der Waals surface area contributed by atoms with Crippen LogP contribution in [0, 0.1) is 0 Å². The molecule has 1 atom stereocenters. The van der Waals surface area contributed by atoms with Crippen molar-refractivity contribution < 1.29 is 14.3 Å². The minimum Gasteiger partial charge on any atom is -0.484 e. The predicted octanol–water partition coefficient (Wildman–Crippen LogP) is 3.94. The molecule has 0 aliphatic carbocycles. The van der Waals surface area contributed by atoms with E-state index in [1.807, 2.05) is 6.07 Å². The Morgan fingerprint density at radius 1 is 1.27 bits per heavy atom. The first-order valence-electron chi connectivity index (χ1n) is 6.68. The van der Waals surface area contributed by atoms with Gasteiger partial charge in [-0.25, -0.2) is 0 Å². The van der Waals surface area contributed by atoms with Crippen molar-refractivity contribution in [1.82, 2.24) is 4.90 Å². The van der Waals surface area contributed by atoms with Gasteiger partial charge in [-0.2, -0.15) is 0 Å². The number of benzene rings is 1. The van der Waals surface area contributed by atoms with E-state index in [2.05, 4.69) is 4.90 Å². The van der Waals surface area contributed by atoms with Gasteiger partial charge in [-0.3, -0.25) is 4.90 Å². The zero-order valence-corrected chi connectivity index (χ0v) is 14.0. The Morgan fingerprint density at radius 3 is 2.82 bits per heavy atom. The van der Waals surface area contributed by atoms with Crippen molar-refractivity contribution in [2.24, 2.45) is 0 Å². The van der Waals surface area contributed by atoms with Gasteiger partial charge in [-0.1, -0.05) is 23.2 Å². The third-order valence-corrected chi connectivity index (χ3v) is 4.24. The Labute approximate surface area is 145 Å². The van der Waals surface area contributed by atoms with Crippen LogP contribution in [0.15, 0.2) is 34.9 Å². The highest BCUT2D eigenvalue weighted by atomic mass is 35.5. The van der Waals surface area contributed by atoms with Crippen LogP contribution in [0.25, 0.3) is 0 Å². The van der Waals surface area contributed by atoms with Gasteiger partial charge < -0.3 is 14.3 Å². The van der Waals surface area contributed by atoms with Gasteiger partial charge in [0.25, 0.3) is 0 Å². The van der Waals surface area contributed by atoms with Crippen LogP contribution in [0.2, 0.25) is 10.0 Å². The standard InChI is InChI=1S/C15H15Cl2NO3.ClH/c16-12-2-1-10(7-13(12)17)21-15-9-18(4-5-19)8-14-11(15)3-6-20-14;/h1-3,6-7,15,19H,4-5,8-9H2;1H. The van der Waals surface area contributed by atoms with Crippen molar-refractivity contribution in [3.63, 3.8) is 0 Å². The molecule has 0 spiro atoms. The van der Waals surface area contributed by atoms with Crippen LogP contribution < -0.4 is 4.74 Å². The monoisotopic (exact) mass is 363 g/mol. The molecule has 0 bridgehead atoms. The van der Waals surface area contributed by atoms with Gasteiger partial charge >= 0.3 is 0 Å². The number of ether oxygens (including phenoxy) is 1. The summed E-state index contributed by atoms with van der Waals surface area (Å²) in [6, 6.07) is 7.13. The Morgan fingerprint density at radius 2 is 2.09 bits per heavy atom. The third-order valence-electron chi connectivity index (χ3n) is 3.50. The van der Waals surface area contributed by atoms with Crippen molar-refractivity contribution in [1.29, 1.82) is 0 Å². The number of rotatable bonds is 4.